The van der Waals surface area contributed by atoms with Gasteiger partial charge >= 0.3 is 6.18 Å². The van der Waals surface area contributed by atoms with Gasteiger partial charge in [0.1, 0.15) is 5.82 Å². The molecule has 0 bridgehead atoms. The molecule has 0 aliphatic rings. The Hall–Kier alpha value is -1.63. The summed E-state index contributed by atoms with van der Waals surface area (Å²) in [5, 5.41) is 3.85. The number of anilines is 1. The molecular formula is C14H16F3N3S. The number of aromatic nitrogens is 2. The van der Waals surface area contributed by atoms with Gasteiger partial charge in [0, 0.05) is 24.5 Å². The molecule has 114 valence electrons. The van der Waals surface area contributed by atoms with Gasteiger partial charge in [-0.15, -0.1) is 0 Å². The van der Waals surface area contributed by atoms with Crippen molar-refractivity contribution in [3.8, 4) is 0 Å². The third kappa shape index (κ3) is 4.70. The van der Waals surface area contributed by atoms with Gasteiger partial charge < -0.3 is 5.32 Å². The monoisotopic (exact) mass is 315 g/mol. The lowest BCUT2D eigenvalue weighted by Gasteiger charge is -2.07. The van der Waals surface area contributed by atoms with Crippen LogP contribution in [0.4, 0.5) is 18.3 Å². The maximum atomic E-state index is 12.6. The molecule has 0 saturated carbocycles. The number of alkyl halides is 3. The second kappa shape index (κ2) is 6.43. The van der Waals surface area contributed by atoms with E-state index in [0.29, 0.717) is 28.9 Å². The van der Waals surface area contributed by atoms with Crippen LogP contribution < -0.4 is 5.32 Å². The van der Waals surface area contributed by atoms with E-state index < -0.39 is 11.7 Å². The van der Waals surface area contributed by atoms with Crippen LogP contribution in [0.5, 0.6) is 0 Å². The summed E-state index contributed by atoms with van der Waals surface area (Å²) in [6, 6.07) is 5.26. The maximum absolute atomic E-state index is 12.6. The van der Waals surface area contributed by atoms with Crippen LogP contribution in [-0.2, 0) is 12.6 Å². The Morgan fingerprint density at radius 3 is 2.71 bits per heavy atom. The summed E-state index contributed by atoms with van der Waals surface area (Å²) in [4.78, 5) is 4.28. The number of halogens is 3. The number of nitrogens with one attached hydrogen (secondary N) is 1. The SMILES string of the molecule is CC(C)CNc1nc(Cc2cccc(C(F)(F)F)c2)ns1. The summed E-state index contributed by atoms with van der Waals surface area (Å²) < 4.78 is 42.1. The third-order valence-electron chi connectivity index (χ3n) is 2.75. The van der Waals surface area contributed by atoms with Gasteiger partial charge in [0.2, 0.25) is 5.13 Å². The van der Waals surface area contributed by atoms with Gasteiger partial charge in [0.25, 0.3) is 0 Å². The van der Waals surface area contributed by atoms with Gasteiger partial charge in [0.15, 0.2) is 0 Å². The van der Waals surface area contributed by atoms with Crippen LogP contribution in [0, 0.1) is 5.92 Å². The van der Waals surface area contributed by atoms with Gasteiger partial charge in [-0.2, -0.15) is 17.5 Å². The standard InChI is InChI=1S/C14H16F3N3S/c1-9(2)8-18-13-19-12(20-21-13)7-10-4-3-5-11(6-10)14(15,16)17/h3-6,9H,7-8H2,1-2H3,(H,18,19,20). The van der Waals surface area contributed by atoms with E-state index in [9.17, 15) is 13.2 Å². The van der Waals surface area contributed by atoms with E-state index in [0.717, 1.165) is 18.7 Å². The molecule has 21 heavy (non-hydrogen) atoms. The van der Waals surface area contributed by atoms with Crippen molar-refractivity contribution in [2.45, 2.75) is 26.4 Å². The molecule has 7 heteroatoms. The minimum absolute atomic E-state index is 0.295. The normalized spacial score (nSPS) is 11.9. The van der Waals surface area contributed by atoms with Crippen LogP contribution in [-0.4, -0.2) is 15.9 Å². The van der Waals surface area contributed by atoms with Gasteiger partial charge in [-0.3, -0.25) is 0 Å². The molecule has 1 heterocycles. The van der Waals surface area contributed by atoms with E-state index in [4.69, 9.17) is 0 Å². The Morgan fingerprint density at radius 1 is 1.29 bits per heavy atom. The van der Waals surface area contributed by atoms with Crippen molar-refractivity contribution in [3.05, 3.63) is 41.2 Å². The maximum Gasteiger partial charge on any atom is 0.416 e. The van der Waals surface area contributed by atoms with Crippen LogP contribution in [0.3, 0.4) is 0 Å². The Morgan fingerprint density at radius 2 is 2.05 bits per heavy atom. The lowest BCUT2D eigenvalue weighted by atomic mass is 10.1. The van der Waals surface area contributed by atoms with Gasteiger partial charge in [-0.25, -0.2) is 4.98 Å². The molecule has 0 aliphatic heterocycles. The van der Waals surface area contributed by atoms with E-state index >= 15 is 0 Å². The van der Waals surface area contributed by atoms with Crippen LogP contribution in [0.15, 0.2) is 24.3 Å². The largest absolute Gasteiger partial charge is 0.416 e. The number of hydrogen-bond donors (Lipinski definition) is 1. The molecule has 2 aromatic rings. The fourth-order valence-electron chi connectivity index (χ4n) is 1.73. The van der Waals surface area contributed by atoms with Crippen LogP contribution >= 0.6 is 11.5 Å². The molecule has 0 radical (unpaired) electrons. The zero-order valence-corrected chi connectivity index (χ0v) is 12.6. The molecule has 1 aromatic heterocycles. The summed E-state index contributed by atoms with van der Waals surface area (Å²) in [6.07, 6.45) is -4.03. The zero-order chi connectivity index (χ0) is 15.5. The van der Waals surface area contributed by atoms with E-state index in [1.807, 2.05) is 0 Å². The highest BCUT2D eigenvalue weighted by Gasteiger charge is 2.30. The number of benzene rings is 1. The average Bonchev–Trinajstić information content (AvgIpc) is 2.83. The fourth-order valence-corrected chi connectivity index (χ4v) is 2.32. The highest BCUT2D eigenvalue weighted by molar-refractivity contribution is 7.09. The average molecular weight is 315 g/mol. The first-order valence-corrected chi connectivity index (χ1v) is 7.34. The number of rotatable bonds is 5. The molecular weight excluding hydrogens is 299 g/mol. The Labute approximate surface area is 125 Å². The molecule has 0 aliphatic carbocycles. The Kier molecular flexibility index (Phi) is 4.82. The lowest BCUT2D eigenvalue weighted by molar-refractivity contribution is -0.137. The van der Waals surface area contributed by atoms with Crippen molar-refractivity contribution in [3.63, 3.8) is 0 Å². The smallest absolute Gasteiger partial charge is 0.360 e. The molecule has 0 atom stereocenters. The van der Waals surface area contributed by atoms with E-state index in [1.54, 1.807) is 6.07 Å². The van der Waals surface area contributed by atoms with Crippen LogP contribution in [0.25, 0.3) is 0 Å². The minimum Gasteiger partial charge on any atom is -0.360 e. The van der Waals surface area contributed by atoms with Gasteiger partial charge in [-0.1, -0.05) is 32.0 Å². The predicted octanol–water partition coefficient (Wildman–Crippen LogP) is 4.22. The van der Waals surface area contributed by atoms with Crippen LogP contribution in [0.1, 0.15) is 30.8 Å². The molecule has 0 amide bonds. The minimum atomic E-state index is -4.32. The topological polar surface area (TPSA) is 37.8 Å². The van der Waals surface area contributed by atoms with E-state index in [-0.39, 0.29) is 0 Å². The first kappa shape index (κ1) is 15.8. The zero-order valence-electron chi connectivity index (χ0n) is 11.7. The van der Waals surface area contributed by atoms with Crippen molar-refractivity contribution in [2.24, 2.45) is 5.92 Å². The van der Waals surface area contributed by atoms with E-state index in [1.165, 1.54) is 17.6 Å². The van der Waals surface area contributed by atoms with Crippen LogP contribution in [0.2, 0.25) is 0 Å². The molecule has 0 unspecified atom stereocenters. The predicted molar refractivity (Wildman–Crippen MR) is 77.5 cm³/mol. The van der Waals surface area contributed by atoms with Crippen molar-refractivity contribution in [1.82, 2.24) is 9.36 Å². The summed E-state index contributed by atoms with van der Waals surface area (Å²) in [5.74, 6) is 1.02. The summed E-state index contributed by atoms with van der Waals surface area (Å²) in [5.41, 5.74) is -0.0913. The fraction of sp³-hybridized carbons (Fsp3) is 0.429. The van der Waals surface area contributed by atoms with Crippen molar-refractivity contribution >= 4 is 16.7 Å². The highest BCUT2D eigenvalue weighted by Crippen LogP contribution is 2.30. The van der Waals surface area contributed by atoms with Crippen molar-refractivity contribution in [1.29, 1.82) is 0 Å². The highest BCUT2D eigenvalue weighted by atomic mass is 32.1. The van der Waals surface area contributed by atoms with Crippen molar-refractivity contribution < 1.29 is 13.2 Å². The van der Waals surface area contributed by atoms with Crippen molar-refractivity contribution in [2.75, 3.05) is 11.9 Å². The number of nitrogens with zero attached hydrogens (tertiary/aromatic N) is 2. The first-order chi connectivity index (χ1) is 9.84. The van der Waals surface area contributed by atoms with Gasteiger partial charge in [0.05, 0.1) is 5.56 Å². The summed E-state index contributed by atoms with van der Waals surface area (Å²) in [7, 11) is 0. The molecule has 3 nitrogen and oxygen atoms in total. The quantitative estimate of drug-likeness (QED) is 0.898. The molecule has 1 aromatic carbocycles. The molecule has 1 N–H and O–H groups in total. The summed E-state index contributed by atoms with van der Waals surface area (Å²) >= 11 is 1.23. The molecule has 0 saturated heterocycles. The molecule has 0 spiro atoms. The third-order valence-corrected chi connectivity index (χ3v) is 3.46. The first-order valence-electron chi connectivity index (χ1n) is 6.57. The second-order valence-corrected chi connectivity index (χ2v) is 5.92. The number of hydrogen-bond acceptors (Lipinski definition) is 4. The Balaban J connectivity index is 2.05. The Bertz CT molecular complexity index is 593. The second-order valence-electron chi connectivity index (χ2n) is 5.17. The van der Waals surface area contributed by atoms with Gasteiger partial charge in [-0.05, 0) is 17.5 Å². The van der Waals surface area contributed by atoms with E-state index in [2.05, 4.69) is 28.5 Å². The molecule has 0 fully saturated rings. The lowest BCUT2D eigenvalue weighted by Crippen LogP contribution is -2.07. The summed E-state index contributed by atoms with van der Waals surface area (Å²) in [6.45, 7) is 4.95. The molecule has 2 rings (SSSR count).